The molecule has 1 aliphatic heterocycles. The first kappa shape index (κ1) is 10.3. The number of fused-ring (bicyclic) bond motifs is 3. The second kappa shape index (κ2) is 3.33. The van der Waals surface area contributed by atoms with Crippen LogP contribution in [-0.2, 0) is 13.1 Å². The fourth-order valence-corrected chi connectivity index (χ4v) is 2.11. The topological polar surface area (TPSA) is 70.7 Å². The molecule has 6 nitrogen and oxygen atoms in total. The Hall–Kier alpha value is -1.82. The summed E-state index contributed by atoms with van der Waals surface area (Å²) in [5.41, 5.74) is 3.02. The summed E-state index contributed by atoms with van der Waals surface area (Å²) in [5, 5.41) is 13.8. The van der Waals surface area contributed by atoms with Crippen LogP contribution in [0, 0.1) is 6.92 Å². The third-order valence-electron chi connectivity index (χ3n) is 2.88. The van der Waals surface area contributed by atoms with Crippen molar-refractivity contribution in [3.8, 4) is 0 Å². The number of hydrogen-bond donors (Lipinski definition) is 1. The Morgan fingerprint density at radius 1 is 1.53 bits per heavy atom. The third-order valence-corrected chi connectivity index (χ3v) is 3.25. The van der Waals surface area contributed by atoms with E-state index < -0.39 is 6.09 Å². The van der Waals surface area contributed by atoms with Gasteiger partial charge in [0.05, 0.1) is 35.7 Å². The lowest BCUT2D eigenvalue weighted by molar-refractivity contribution is 0.144. The van der Waals surface area contributed by atoms with E-state index >= 15 is 0 Å². The van der Waals surface area contributed by atoms with Crippen LogP contribution in [0.15, 0.2) is 6.20 Å². The Bertz CT molecular complexity index is 637. The van der Waals surface area contributed by atoms with Gasteiger partial charge in [-0.15, -0.1) is 0 Å². The number of aromatic nitrogens is 3. The zero-order valence-corrected chi connectivity index (χ0v) is 9.77. The highest BCUT2D eigenvalue weighted by molar-refractivity contribution is 6.31. The van der Waals surface area contributed by atoms with Crippen LogP contribution in [0.4, 0.5) is 4.79 Å². The van der Waals surface area contributed by atoms with E-state index in [2.05, 4.69) is 10.1 Å². The van der Waals surface area contributed by atoms with E-state index in [1.54, 1.807) is 10.7 Å². The van der Waals surface area contributed by atoms with Crippen LogP contribution in [0.3, 0.4) is 0 Å². The second-order valence-electron chi connectivity index (χ2n) is 4.01. The standard InChI is InChI=1S/C10H9ClN4O2/c1-5-7(11)3-15-9(12-5)6-2-14(10(16)17)4-8(6)13-15/h3H,2,4H2,1H3,(H,16,17). The molecule has 1 aliphatic rings. The minimum absolute atomic E-state index is 0.310. The molecule has 0 saturated carbocycles. The van der Waals surface area contributed by atoms with Crippen molar-refractivity contribution in [1.29, 1.82) is 0 Å². The normalized spacial score (nSPS) is 14.4. The van der Waals surface area contributed by atoms with Crippen molar-refractivity contribution in [1.82, 2.24) is 19.5 Å². The number of aryl methyl sites for hydroxylation is 1. The molecule has 0 saturated heterocycles. The van der Waals surface area contributed by atoms with E-state index in [4.69, 9.17) is 16.7 Å². The van der Waals surface area contributed by atoms with Crippen LogP contribution in [0.5, 0.6) is 0 Å². The molecule has 0 spiro atoms. The molecule has 7 heteroatoms. The Labute approximate surface area is 101 Å². The third kappa shape index (κ3) is 1.44. The highest BCUT2D eigenvalue weighted by atomic mass is 35.5. The summed E-state index contributed by atoms with van der Waals surface area (Å²) in [6, 6.07) is 0. The van der Waals surface area contributed by atoms with Crippen LogP contribution in [0.1, 0.15) is 17.0 Å². The summed E-state index contributed by atoms with van der Waals surface area (Å²) in [7, 11) is 0. The first-order valence-electron chi connectivity index (χ1n) is 5.07. The molecule has 0 unspecified atom stereocenters. The SMILES string of the molecule is Cc1nc2c3c(nn2cc1Cl)CN(C(=O)O)C3. The van der Waals surface area contributed by atoms with Gasteiger partial charge in [0.2, 0.25) is 0 Å². The maximum atomic E-state index is 10.9. The summed E-state index contributed by atoms with van der Waals surface area (Å²) < 4.78 is 1.61. The monoisotopic (exact) mass is 252 g/mol. The van der Waals surface area contributed by atoms with Crippen molar-refractivity contribution in [2.24, 2.45) is 0 Å². The van der Waals surface area contributed by atoms with E-state index in [0.717, 1.165) is 17.0 Å². The molecule has 2 aromatic heterocycles. The van der Waals surface area contributed by atoms with E-state index in [-0.39, 0.29) is 0 Å². The van der Waals surface area contributed by atoms with Crippen molar-refractivity contribution in [3.05, 3.63) is 28.2 Å². The fraction of sp³-hybridized carbons (Fsp3) is 0.300. The number of amides is 1. The maximum absolute atomic E-state index is 10.9. The van der Waals surface area contributed by atoms with Crippen molar-refractivity contribution in [3.63, 3.8) is 0 Å². The number of halogens is 1. The van der Waals surface area contributed by atoms with Crippen molar-refractivity contribution in [2.45, 2.75) is 20.0 Å². The van der Waals surface area contributed by atoms with Gasteiger partial charge >= 0.3 is 6.09 Å². The molecule has 0 atom stereocenters. The highest BCUT2D eigenvalue weighted by Gasteiger charge is 2.28. The molecule has 0 aromatic carbocycles. The maximum Gasteiger partial charge on any atom is 0.407 e. The lowest BCUT2D eigenvalue weighted by Crippen LogP contribution is -2.23. The van der Waals surface area contributed by atoms with Gasteiger partial charge in [0.1, 0.15) is 0 Å². The molecule has 0 fully saturated rings. The Morgan fingerprint density at radius 2 is 2.29 bits per heavy atom. The number of carboxylic acid groups (broad SMARTS) is 1. The summed E-state index contributed by atoms with van der Waals surface area (Å²) in [6.07, 6.45) is 0.759. The predicted molar refractivity (Wildman–Crippen MR) is 60.0 cm³/mol. The lowest BCUT2D eigenvalue weighted by Gasteiger charge is -2.09. The summed E-state index contributed by atoms with van der Waals surface area (Å²) >= 11 is 5.96. The van der Waals surface area contributed by atoms with Gasteiger partial charge in [-0.1, -0.05) is 11.6 Å². The fourth-order valence-electron chi connectivity index (χ4n) is 1.98. The Morgan fingerprint density at radius 3 is 3.00 bits per heavy atom. The van der Waals surface area contributed by atoms with Crippen molar-refractivity contribution < 1.29 is 9.90 Å². The first-order chi connectivity index (χ1) is 8.06. The molecule has 88 valence electrons. The van der Waals surface area contributed by atoms with Gasteiger partial charge in [0.25, 0.3) is 0 Å². The molecule has 0 bridgehead atoms. The van der Waals surface area contributed by atoms with Gasteiger partial charge in [-0.05, 0) is 6.92 Å². The number of hydrogen-bond acceptors (Lipinski definition) is 3. The number of rotatable bonds is 0. The summed E-state index contributed by atoms with van der Waals surface area (Å²) in [6.45, 7) is 2.46. The molecule has 0 radical (unpaired) electrons. The largest absolute Gasteiger partial charge is 0.465 e. The zero-order chi connectivity index (χ0) is 12.2. The van der Waals surface area contributed by atoms with Crippen LogP contribution >= 0.6 is 11.6 Å². The molecular formula is C10H9ClN4O2. The average Bonchev–Trinajstić information content (AvgIpc) is 2.78. The minimum Gasteiger partial charge on any atom is -0.465 e. The van der Waals surface area contributed by atoms with Crippen molar-refractivity contribution >= 4 is 23.3 Å². The highest BCUT2D eigenvalue weighted by Crippen LogP contribution is 2.26. The second-order valence-corrected chi connectivity index (χ2v) is 4.41. The van der Waals surface area contributed by atoms with Gasteiger partial charge in [-0.2, -0.15) is 5.10 Å². The number of nitrogens with zero attached hydrogens (tertiary/aromatic N) is 4. The van der Waals surface area contributed by atoms with E-state index in [1.807, 2.05) is 6.92 Å². The van der Waals surface area contributed by atoms with Crippen LogP contribution in [0.2, 0.25) is 5.02 Å². The lowest BCUT2D eigenvalue weighted by atomic mass is 10.3. The van der Waals surface area contributed by atoms with Crippen molar-refractivity contribution in [2.75, 3.05) is 0 Å². The molecule has 1 N–H and O–H groups in total. The van der Waals surface area contributed by atoms with Gasteiger partial charge in [0.15, 0.2) is 5.65 Å². The number of carbonyl (C=O) groups is 1. The van der Waals surface area contributed by atoms with Gasteiger partial charge in [-0.25, -0.2) is 14.3 Å². The zero-order valence-electron chi connectivity index (χ0n) is 9.01. The molecule has 2 aromatic rings. The van der Waals surface area contributed by atoms with Crippen LogP contribution in [0.25, 0.3) is 5.65 Å². The van der Waals surface area contributed by atoms with E-state index in [0.29, 0.717) is 23.8 Å². The molecule has 1 amide bonds. The van der Waals surface area contributed by atoms with Gasteiger partial charge in [0, 0.05) is 5.56 Å². The Kier molecular flexibility index (Phi) is 2.03. The predicted octanol–water partition coefficient (Wildman–Crippen LogP) is 1.68. The molecule has 17 heavy (non-hydrogen) atoms. The molecular weight excluding hydrogens is 244 g/mol. The first-order valence-corrected chi connectivity index (χ1v) is 5.45. The molecule has 0 aliphatic carbocycles. The molecule has 3 heterocycles. The van der Waals surface area contributed by atoms with Crippen LogP contribution in [-0.4, -0.2) is 30.7 Å². The van der Waals surface area contributed by atoms with Crippen LogP contribution < -0.4 is 0 Å². The molecule has 3 rings (SSSR count). The summed E-state index contributed by atoms with van der Waals surface area (Å²) in [5.74, 6) is 0. The summed E-state index contributed by atoms with van der Waals surface area (Å²) in [4.78, 5) is 16.5. The Balaban J connectivity index is 2.15. The van der Waals surface area contributed by atoms with Gasteiger partial charge < -0.3 is 5.11 Å². The smallest absolute Gasteiger partial charge is 0.407 e. The quantitative estimate of drug-likeness (QED) is 0.774. The van der Waals surface area contributed by atoms with E-state index in [9.17, 15) is 4.79 Å². The van der Waals surface area contributed by atoms with Gasteiger partial charge in [-0.3, -0.25) is 4.90 Å². The minimum atomic E-state index is -0.938. The van der Waals surface area contributed by atoms with E-state index in [1.165, 1.54) is 4.90 Å². The average molecular weight is 253 g/mol.